The van der Waals surface area contributed by atoms with Gasteiger partial charge >= 0.3 is 5.97 Å². The molecule has 0 aromatic heterocycles. The largest absolute Gasteiger partial charge is 0.497 e. The molecule has 2 atom stereocenters. The van der Waals surface area contributed by atoms with E-state index in [9.17, 15) is 28.6 Å². The van der Waals surface area contributed by atoms with Crippen LogP contribution in [0.1, 0.15) is 22.3 Å². The van der Waals surface area contributed by atoms with Crippen molar-refractivity contribution in [1.29, 1.82) is 0 Å². The van der Waals surface area contributed by atoms with Crippen LogP contribution in [0.2, 0.25) is 0 Å². The van der Waals surface area contributed by atoms with Gasteiger partial charge < -0.3 is 29.7 Å². The molecule has 184 valence electrons. The molecule has 1 aliphatic heterocycles. The van der Waals surface area contributed by atoms with Gasteiger partial charge in [0.15, 0.2) is 11.6 Å². The minimum absolute atomic E-state index is 0.0216. The topological polar surface area (TPSA) is 134 Å². The fourth-order valence-electron chi connectivity index (χ4n) is 3.92. The first-order valence-corrected chi connectivity index (χ1v) is 10.1. The van der Waals surface area contributed by atoms with Crippen molar-refractivity contribution in [3.63, 3.8) is 0 Å². The number of carbonyl (C=O) groups excluding carboxylic acids is 1. The Labute approximate surface area is 194 Å². The molecule has 2 aromatic carbocycles. The summed E-state index contributed by atoms with van der Waals surface area (Å²) in [6.07, 6.45) is -1.38. The van der Waals surface area contributed by atoms with Crippen LogP contribution in [0.15, 0.2) is 36.4 Å². The van der Waals surface area contributed by atoms with Gasteiger partial charge in [0.1, 0.15) is 22.5 Å². The molecule has 0 aliphatic carbocycles. The SMILES string of the molecule is COc1cccc(C[C@@]2(C(=O)O)CN(C(=O)c3c(OC)ccc(F)c3F)CC[C@@H]2O)c1.O=CO. The van der Waals surface area contributed by atoms with Gasteiger partial charge in [-0.05, 0) is 42.7 Å². The maximum absolute atomic E-state index is 14.4. The predicted molar refractivity (Wildman–Crippen MR) is 115 cm³/mol. The molecule has 3 N–H and O–H groups in total. The molecule has 0 unspecified atom stereocenters. The van der Waals surface area contributed by atoms with Crippen LogP contribution in [0.25, 0.3) is 0 Å². The number of halogens is 2. The highest BCUT2D eigenvalue weighted by atomic mass is 19.2. The molecule has 1 aliphatic rings. The van der Waals surface area contributed by atoms with E-state index < -0.39 is 47.1 Å². The zero-order valence-electron chi connectivity index (χ0n) is 18.5. The first kappa shape index (κ1) is 26.5. The Hall–Kier alpha value is -3.73. The first-order valence-electron chi connectivity index (χ1n) is 10.1. The number of piperidine rings is 1. The van der Waals surface area contributed by atoms with Crippen molar-refractivity contribution in [2.45, 2.75) is 18.9 Å². The van der Waals surface area contributed by atoms with Crippen LogP contribution < -0.4 is 9.47 Å². The third-order valence-electron chi connectivity index (χ3n) is 5.64. The number of ether oxygens (including phenoxy) is 2. The Morgan fingerprint density at radius 1 is 1.21 bits per heavy atom. The summed E-state index contributed by atoms with van der Waals surface area (Å²) in [6, 6.07) is 8.70. The van der Waals surface area contributed by atoms with Gasteiger partial charge in [-0.2, -0.15) is 0 Å². The summed E-state index contributed by atoms with van der Waals surface area (Å²) in [6.45, 7) is -0.662. The van der Waals surface area contributed by atoms with Crippen LogP contribution in [0.4, 0.5) is 8.78 Å². The van der Waals surface area contributed by atoms with Crippen molar-refractivity contribution < 1.29 is 48.0 Å². The number of aliphatic hydroxyl groups is 1. The van der Waals surface area contributed by atoms with Crippen LogP contribution in [-0.4, -0.2) is 72.0 Å². The molecule has 0 bridgehead atoms. The number of carbonyl (C=O) groups is 3. The number of hydrogen-bond donors (Lipinski definition) is 3. The maximum atomic E-state index is 14.4. The van der Waals surface area contributed by atoms with Gasteiger partial charge in [0.05, 0.1) is 20.3 Å². The summed E-state index contributed by atoms with van der Waals surface area (Å²) < 4.78 is 38.4. The summed E-state index contributed by atoms with van der Waals surface area (Å²) in [4.78, 5) is 34.8. The Morgan fingerprint density at radius 3 is 2.47 bits per heavy atom. The molecular weight excluding hydrogens is 456 g/mol. The van der Waals surface area contributed by atoms with E-state index in [4.69, 9.17) is 19.4 Å². The summed E-state index contributed by atoms with van der Waals surface area (Å²) in [5, 5.41) is 27.6. The Kier molecular flexibility index (Phi) is 8.90. The fourth-order valence-corrected chi connectivity index (χ4v) is 3.92. The molecule has 3 rings (SSSR count). The number of hydrogen-bond acceptors (Lipinski definition) is 6. The van der Waals surface area contributed by atoms with Crippen molar-refractivity contribution in [3.8, 4) is 11.5 Å². The van der Waals surface area contributed by atoms with Gasteiger partial charge in [-0.25, -0.2) is 8.78 Å². The molecule has 1 saturated heterocycles. The van der Waals surface area contributed by atoms with Gasteiger partial charge in [-0.15, -0.1) is 0 Å². The van der Waals surface area contributed by atoms with Crippen molar-refractivity contribution in [2.24, 2.45) is 5.41 Å². The van der Waals surface area contributed by atoms with Crippen molar-refractivity contribution in [2.75, 3.05) is 27.3 Å². The lowest BCUT2D eigenvalue weighted by Gasteiger charge is -2.43. The minimum Gasteiger partial charge on any atom is -0.497 e. The molecule has 0 spiro atoms. The normalized spacial score (nSPS) is 19.4. The Balaban J connectivity index is 0.00000129. The van der Waals surface area contributed by atoms with Gasteiger partial charge in [-0.3, -0.25) is 14.4 Å². The highest BCUT2D eigenvalue weighted by Crippen LogP contribution is 2.37. The Bertz CT molecular complexity index is 1050. The number of aliphatic carboxylic acids is 1. The number of rotatable bonds is 6. The van der Waals surface area contributed by atoms with Crippen molar-refractivity contribution in [1.82, 2.24) is 4.90 Å². The van der Waals surface area contributed by atoms with E-state index in [1.807, 2.05) is 0 Å². The second-order valence-corrected chi connectivity index (χ2v) is 7.56. The zero-order chi connectivity index (χ0) is 25.5. The standard InChI is InChI=1S/C22H23F2NO6.CH2O2/c1-30-14-5-3-4-13(10-14)11-22(21(28)29)12-25(9-8-17(22)26)20(27)18-16(31-2)7-6-15(23)19(18)24;2-1-3/h3-7,10,17,26H,8-9,11-12H2,1-2H3,(H,28,29);1H,(H,2,3)/t17-,22+;/m0./s1. The van der Waals surface area contributed by atoms with E-state index in [0.717, 1.165) is 17.0 Å². The quantitative estimate of drug-likeness (QED) is 0.535. The van der Waals surface area contributed by atoms with E-state index in [1.54, 1.807) is 24.3 Å². The number of benzene rings is 2. The summed E-state index contributed by atoms with van der Waals surface area (Å²) in [7, 11) is 2.69. The zero-order valence-corrected chi connectivity index (χ0v) is 18.5. The summed E-state index contributed by atoms with van der Waals surface area (Å²) >= 11 is 0. The van der Waals surface area contributed by atoms with Crippen molar-refractivity contribution in [3.05, 3.63) is 59.2 Å². The molecule has 1 amide bonds. The van der Waals surface area contributed by atoms with E-state index in [1.165, 1.54) is 14.2 Å². The molecule has 1 fully saturated rings. The summed E-state index contributed by atoms with van der Waals surface area (Å²) in [5.74, 6) is -4.44. The highest BCUT2D eigenvalue weighted by molar-refractivity contribution is 5.97. The number of methoxy groups -OCH3 is 2. The van der Waals surface area contributed by atoms with Gasteiger partial charge in [0, 0.05) is 13.1 Å². The number of carboxylic acids is 1. The Morgan fingerprint density at radius 2 is 1.88 bits per heavy atom. The smallest absolute Gasteiger partial charge is 0.314 e. The van der Waals surface area contributed by atoms with E-state index in [0.29, 0.717) is 11.3 Å². The molecule has 0 radical (unpaired) electrons. The second-order valence-electron chi connectivity index (χ2n) is 7.56. The van der Waals surface area contributed by atoms with Crippen LogP contribution in [0, 0.1) is 17.0 Å². The molecule has 34 heavy (non-hydrogen) atoms. The highest BCUT2D eigenvalue weighted by Gasteiger charge is 2.50. The maximum Gasteiger partial charge on any atom is 0.314 e. The summed E-state index contributed by atoms with van der Waals surface area (Å²) in [5.41, 5.74) is -1.76. The van der Waals surface area contributed by atoms with Gasteiger partial charge in [-0.1, -0.05) is 12.1 Å². The van der Waals surface area contributed by atoms with Crippen LogP contribution in [0.3, 0.4) is 0 Å². The fraction of sp³-hybridized carbons (Fsp3) is 0.348. The number of carboxylic acid groups (broad SMARTS) is 2. The average Bonchev–Trinajstić information content (AvgIpc) is 2.82. The lowest BCUT2D eigenvalue weighted by atomic mass is 9.72. The van der Waals surface area contributed by atoms with Crippen LogP contribution in [0.5, 0.6) is 11.5 Å². The number of nitrogens with zero attached hydrogens (tertiary/aromatic N) is 1. The minimum atomic E-state index is -1.74. The number of amides is 1. The lowest BCUT2D eigenvalue weighted by Crippen LogP contribution is -2.58. The van der Waals surface area contributed by atoms with Crippen LogP contribution in [-0.2, 0) is 16.0 Å². The average molecular weight is 481 g/mol. The van der Waals surface area contributed by atoms with E-state index in [-0.39, 0.29) is 31.6 Å². The van der Waals surface area contributed by atoms with E-state index >= 15 is 0 Å². The molecular formula is C23H25F2NO8. The predicted octanol–water partition coefficient (Wildman–Crippen LogP) is 2.20. The van der Waals surface area contributed by atoms with Crippen molar-refractivity contribution >= 4 is 18.3 Å². The first-order chi connectivity index (χ1) is 16.1. The third-order valence-corrected chi connectivity index (χ3v) is 5.64. The second kappa shape index (κ2) is 11.4. The van der Waals surface area contributed by atoms with Gasteiger partial charge in [0.2, 0.25) is 0 Å². The molecule has 11 heteroatoms. The van der Waals surface area contributed by atoms with Crippen LogP contribution >= 0.6 is 0 Å². The lowest BCUT2D eigenvalue weighted by molar-refractivity contribution is -0.161. The molecule has 9 nitrogen and oxygen atoms in total. The number of likely N-dealkylation sites (tertiary alicyclic amines) is 1. The molecule has 1 heterocycles. The van der Waals surface area contributed by atoms with Gasteiger partial charge in [0.25, 0.3) is 12.4 Å². The number of aliphatic hydroxyl groups excluding tert-OH is 1. The molecule has 0 saturated carbocycles. The molecule has 2 aromatic rings. The third kappa shape index (κ3) is 5.42. The van der Waals surface area contributed by atoms with E-state index in [2.05, 4.69) is 0 Å². The monoisotopic (exact) mass is 481 g/mol.